The van der Waals surface area contributed by atoms with Crippen molar-refractivity contribution in [3.63, 3.8) is 0 Å². The first-order chi connectivity index (χ1) is 16.9. The second kappa shape index (κ2) is 10.4. The highest BCUT2D eigenvalue weighted by molar-refractivity contribution is 5.80. The fraction of sp³-hybridized carbons (Fsp3) is 0.222. The number of aryl methyl sites for hydroxylation is 1. The van der Waals surface area contributed by atoms with Gasteiger partial charge in [-0.1, -0.05) is 13.2 Å². The largest absolute Gasteiger partial charge is 0.372 e. The zero-order valence-electron chi connectivity index (χ0n) is 20.8. The van der Waals surface area contributed by atoms with Gasteiger partial charge < -0.3 is 20.4 Å². The monoisotopic (exact) mass is 468 g/mol. The lowest BCUT2D eigenvalue weighted by Gasteiger charge is -2.26. The second-order valence-electron chi connectivity index (χ2n) is 8.73. The van der Waals surface area contributed by atoms with Gasteiger partial charge in [0.05, 0.1) is 11.4 Å². The summed E-state index contributed by atoms with van der Waals surface area (Å²) in [5.41, 5.74) is 5.58. The van der Waals surface area contributed by atoms with Gasteiger partial charge in [-0.2, -0.15) is 4.98 Å². The Labute approximate surface area is 206 Å². The molecule has 0 amide bonds. The molecule has 0 saturated heterocycles. The number of pyridine rings is 1. The Bertz CT molecular complexity index is 1350. The summed E-state index contributed by atoms with van der Waals surface area (Å²) >= 11 is 0. The molecule has 2 N–H and O–H groups in total. The van der Waals surface area contributed by atoms with Crippen molar-refractivity contribution in [2.75, 3.05) is 49.8 Å². The minimum absolute atomic E-state index is 0.505. The fourth-order valence-electron chi connectivity index (χ4n) is 3.75. The molecule has 0 aliphatic rings. The van der Waals surface area contributed by atoms with Crippen molar-refractivity contribution in [2.45, 2.75) is 6.92 Å². The molecule has 180 valence electrons. The first kappa shape index (κ1) is 24.0. The Kier molecular flexibility index (Phi) is 7.12. The molecular formula is C27H32N8. The molecule has 0 spiro atoms. The number of rotatable bonds is 10. The number of nitrogens with zero attached hydrogens (tertiary/aromatic N) is 6. The topological polar surface area (TPSA) is 74.1 Å². The number of aromatic nitrogens is 4. The summed E-state index contributed by atoms with van der Waals surface area (Å²) in [4.78, 5) is 18.1. The van der Waals surface area contributed by atoms with E-state index in [-0.39, 0.29) is 0 Å². The van der Waals surface area contributed by atoms with E-state index in [0.29, 0.717) is 5.95 Å². The van der Waals surface area contributed by atoms with E-state index in [2.05, 4.69) is 83.8 Å². The van der Waals surface area contributed by atoms with Crippen LogP contribution in [0.5, 0.6) is 0 Å². The van der Waals surface area contributed by atoms with Crippen LogP contribution in [0.2, 0.25) is 0 Å². The molecule has 3 aromatic heterocycles. The van der Waals surface area contributed by atoms with E-state index in [1.165, 1.54) is 0 Å². The molecule has 3 heterocycles. The molecule has 4 aromatic rings. The van der Waals surface area contributed by atoms with E-state index in [1.807, 2.05) is 35.0 Å². The van der Waals surface area contributed by atoms with Gasteiger partial charge in [0, 0.05) is 55.5 Å². The summed E-state index contributed by atoms with van der Waals surface area (Å²) in [5, 5.41) is 7.83. The molecule has 0 unspecified atom stereocenters. The summed E-state index contributed by atoms with van der Waals surface area (Å²) < 4.78 is 1.96. The number of anilines is 4. The van der Waals surface area contributed by atoms with Gasteiger partial charge in [-0.05, 0) is 69.1 Å². The second-order valence-corrected chi connectivity index (χ2v) is 8.73. The summed E-state index contributed by atoms with van der Waals surface area (Å²) in [7, 11) is 6.24. The van der Waals surface area contributed by atoms with Crippen molar-refractivity contribution in [2.24, 2.45) is 0 Å². The van der Waals surface area contributed by atoms with E-state index in [0.717, 1.165) is 58.3 Å². The number of nitrogens with one attached hydrogen (secondary N) is 2. The molecule has 0 fully saturated rings. The predicted octanol–water partition coefficient (Wildman–Crippen LogP) is 4.98. The predicted molar refractivity (Wildman–Crippen MR) is 146 cm³/mol. The lowest BCUT2D eigenvalue weighted by Crippen LogP contribution is -2.29. The van der Waals surface area contributed by atoms with Crippen molar-refractivity contribution < 1.29 is 0 Å². The summed E-state index contributed by atoms with van der Waals surface area (Å²) in [6.07, 6.45) is 7.21. The standard InChI is InChI=1S/C27H32N8/c1-7-20(3)30-23-18-22(19(2)17-24(23)34(6)16-15-33(4)5)31-27-29-13-10-25(32-27)35-14-11-21-9-8-12-28-26(21)35/h7-14,17-18,30H,1,3,15-16H2,2,4-6H3,(H,29,31,32). The van der Waals surface area contributed by atoms with Crippen LogP contribution in [0.1, 0.15) is 5.56 Å². The third-order valence-electron chi connectivity index (χ3n) is 5.76. The number of likely N-dealkylation sites (N-methyl/N-ethyl adjacent to an activating group) is 2. The molecular weight excluding hydrogens is 436 g/mol. The molecule has 8 heteroatoms. The molecule has 1 aromatic carbocycles. The number of hydrogen-bond acceptors (Lipinski definition) is 7. The molecule has 0 atom stereocenters. The van der Waals surface area contributed by atoms with Gasteiger partial charge in [0.1, 0.15) is 11.5 Å². The Hall–Kier alpha value is -4.17. The van der Waals surface area contributed by atoms with Gasteiger partial charge in [-0.25, -0.2) is 9.97 Å². The zero-order valence-corrected chi connectivity index (χ0v) is 20.8. The number of hydrogen-bond donors (Lipinski definition) is 2. The minimum Gasteiger partial charge on any atom is -0.372 e. The van der Waals surface area contributed by atoms with E-state index in [9.17, 15) is 0 Å². The molecule has 0 bridgehead atoms. The first-order valence-corrected chi connectivity index (χ1v) is 11.5. The summed E-state index contributed by atoms with van der Waals surface area (Å²) in [6, 6.07) is 12.1. The van der Waals surface area contributed by atoms with Crippen molar-refractivity contribution >= 4 is 34.0 Å². The van der Waals surface area contributed by atoms with Crippen LogP contribution < -0.4 is 15.5 Å². The Morgan fingerprint density at radius 1 is 1.06 bits per heavy atom. The van der Waals surface area contributed by atoms with Gasteiger partial charge in [0.2, 0.25) is 5.95 Å². The maximum atomic E-state index is 4.75. The lowest BCUT2D eigenvalue weighted by molar-refractivity contribution is 0.416. The summed E-state index contributed by atoms with van der Waals surface area (Å²) in [6.45, 7) is 11.8. The summed E-state index contributed by atoms with van der Waals surface area (Å²) in [5.74, 6) is 1.25. The van der Waals surface area contributed by atoms with Gasteiger partial charge in [-0.15, -0.1) is 0 Å². The number of allylic oxidation sites excluding steroid dienone is 1. The Balaban J connectivity index is 1.66. The lowest BCUT2D eigenvalue weighted by atomic mass is 10.1. The maximum absolute atomic E-state index is 4.75. The molecule has 0 aliphatic carbocycles. The van der Waals surface area contributed by atoms with E-state index in [1.54, 1.807) is 18.5 Å². The normalized spacial score (nSPS) is 11.0. The molecule has 0 aliphatic heterocycles. The van der Waals surface area contributed by atoms with E-state index < -0.39 is 0 Å². The quantitative estimate of drug-likeness (QED) is 0.318. The highest BCUT2D eigenvalue weighted by atomic mass is 15.2. The first-order valence-electron chi connectivity index (χ1n) is 11.5. The average molecular weight is 469 g/mol. The molecule has 8 nitrogen and oxygen atoms in total. The molecule has 0 saturated carbocycles. The van der Waals surface area contributed by atoms with Crippen LogP contribution in [-0.4, -0.2) is 58.7 Å². The number of fused-ring (bicyclic) bond motifs is 1. The SMILES string of the molecule is C=CC(=C)Nc1cc(Nc2nccc(-n3ccc4cccnc43)n2)c(C)cc1N(C)CCN(C)C. The van der Waals surface area contributed by atoms with Crippen molar-refractivity contribution in [1.29, 1.82) is 0 Å². The van der Waals surface area contributed by atoms with Gasteiger partial charge in [-0.3, -0.25) is 4.57 Å². The van der Waals surface area contributed by atoms with Crippen LogP contribution in [0.3, 0.4) is 0 Å². The maximum Gasteiger partial charge on any atom is 0.229 e. The Morgan fingerprint density at radius 3 is 2.66 bits per heavy atom. The molecule has 0 radical (unpaired) electrons. The van der Waals surface area contributed by atoms with Crippen LogP contribution in [0.25, 0.3) is 16.9 Å². The molecule has 4 rings (SSSR count). The van der Waals surface area contributed by atoms with Crippen LogP contribution in [0, 0.1) is 6.92 Å². The Morgan fingerprint density at radius 2 is 1.89 bits per heavy atom. The smallest absolute Gasteiger partial charge is 0.229 e. The fourth-order valence-corrected chi connectivity index (χ4v) is 3.75. The zero-order chi connectivity index (χ0) is 24.9. The van der Waals surface area contributed by atoms with Crippen molar-refractivity contribution in [3.8, 4) is 5.82 Å². The third kappa shape index (κ3) is 5.50. The van der Waals surface area contributed by atoms with Gasteiger partial charge in [0.15, 0.2) is 0 Å². The van der Waals surface area contributed by atoms with Crippen LogP contribution in [0.15, 0.2) is 79.9 Å². The van der Waals surface area contributed by atoms with Crippen LogP contribution in [0.4, 0.5) is 23.0 Å². The van der Waals surface area contributed by atoms with Gasteiger partial charge in [0.25, 0.3) is 0 Å². The highest BCUT2D eigenvalue weighted by Crippen LogP contribution is 2.33. The average Bonchev–Trinajstić information content (AvgIpc) is 3.28. The number of benzene rings is 1. The highest BCUT2D eigenvalue weighted by Gasteiger charge is 2.14. The van der Waals surface area contributed by atoms with Crippen LogP contribution >= 0.6 is 0 Å². The molecule has 35 heavy (non-hydrogen) atoms. The van der Waals surface area contributed by atoms with E-state index >= 15 is 0 Å². The van der Waals surface area contributed by atoms with E-state index in [4.69, 9.17) is 4.98 Å². The van der Waals surface area contributed by atoms with Crippen LogP contribution in [-0.2, 0) is 0 Å². The minimum atomic E-state index is 0.505. The van der Waals surface area contributed by atoms with Crippen molar-refractivity contribution in [3.05, 3.63) is 85.5 Å². The van der Waals surface area contributed by atoms with Gasteiger partial charge >= 0.3 is 0 Å². The van der Waals surface area contributed by atoms with Crippen molar-refractivity contribution in [1.82, 2.24) is 24.4 Å². The third-order valence-corrected chi connectivity index (χ3v) is 5.76.